The van der Waals surface area contributed by atoms with Crippen LogP contribution in [-0.4, -0.2) is 21.8 Å². The topological polar surface area (TPSA) is 87.5 Å². The highest BCUT2D eigenvalue weighted by Gasteiger charge is 2.33. The molecule has 2 amide bonds. The Labute approximate surface area is 214 Å². The number of thiocarbonyl (C=S) groups is 1. The average molecular weight is 521 g/mol. The molecule has 4 aromatic rings. The fourth-order valence-corrected chi connectivity index (χ4v) is 4.46. The van der Waals surface area contributed by atoms with Gasteiger partial charge in [0.05, 0.1) is 12.1 Å². The second-order valence-corrected chi connectivity index (χ2v) is 8.89. The molecule has 0 unspecified atom stereocenters. The van der Waals surface area contributed by atoms with Gasteiger partial charge in [-0.15, -0.1) is 0 Å². The first kappa shape index (κ1) is 24.3. The van der Waals surface area contributed by atoms with Gasteiger partial charge in [0.1, 0.15) is 0 Å². The largest absolute Gasteiger partial charge is 0.416 e. The monoisotopic (exact) mass is 520 g/mol. The van der Waals surface area contributed by atoms with E-state index in [0.717, 1.165) is 17.7 Å². The molecular formula is C27H19F3N4O2S. The van der Waals surface area contributed by atoms with Gasteiger partial charge in [-0.3, -0.25) is 14.5 Å². The van der Waals surface area contributed by atoms with Crippen LogP contribution in [0, 0.1) is 0 Å². The minimum absolute atomic E-state index is 0.0758. The van der Waals surface area contributed by atoms with E-state index >= 15 is 0 Å². The SMILES string of the molecule is Nc1ccc2c3c(cccc13)C(=O)N(Cc1ccc(NC(=S)Nc3ccc(C(F)(F)F)cc3)cc1)C2=O. The van der Waals surface area contributed by atoms with Crippen molar-refractivity contribution in [1.29, 1.82) is 0 Å². The number of nitrogens with one attached hydrogen (secondary N) is 2. The number of carbonyl (C=O) groups excluding carboxylic acids is 2. The molecule has 6 nitrogen and oxygen atoms in total. The Bertz CT molecular complexity index is 1530. The van der Waals surface area contributed by atoms with Crippen molar-refractivity contribution in [2.24, 2.45) is 0 Å². The predicted molar refractivity (Wildman–Crippen MR) is 140 cm³/mol. The number of carbonyl (C=O) groups is 2. The van der Waals surface area contributed by atoms with E-state index in [-0.39, 0.29) is 11.7 Å². The summed E-state index contributed by atoms with van der Waals surface area (Å²) in [5.41, 5.74) is 8.40. The number of benzene rings is 4. The average Bonchev–Trinajstić information content (AvgIpc) is 2.86. The van der Waals surface area contributed by atoms with E-state index in [0.29, 0.717) is 39.0 Å². The number of imide groups is 1. The number of nitrogen functional groups attached to an aromatic ring is 1. The summed E-state index contributed by atoms with van der Waals surface area (Å²) in [4.78, 5) is 27.5. The maximum absolute atomic E-state index is 13.2. The summed E-state index contributed by atoms with van der Waals surface area (Å²) < 4.78 is 38.2. The molecule has 0 bridgehead atoms. The number of halogens is 3. The highest BCUT2D eigenvalue weighted by atomic mass is 32.1. The molecule has 1 heterocycles. The van der Waals surface area contributed by atoms with Crippen molar-refractivity contribution in [1.82, 2.24) is 4.90 Å². The Hall–Kier alpha value is -4.44. The maximum Gasteiger partial charge on any atom is 0.416 e. The summed E-state index contributed by atoms with van der Waals surface area (Å²) in [6.07, 6.45) is -4.41. The van der Waals surface area contributed by atoms with Crippen molar-refractivity contribution in [3.63, 3.8) is 0 Å². The fraction of sp³-hybridized carbons (Fsp3) is 0.0741. The minimum Gasteiger partial charge on any atom is -0.398 e. The van der Waals surface area contributed by atoms with Crippen molar-refractivity contribution in [3.05, 3.63) is 101 Å². The smallest absolute Gasteiger partial charge is 0.398 e. The Morgan fingerprint density at radius 1 is 0.811 bits per heavy atom. The predicted octanol–water partition coefficient (Wildman–Crippen LogP) is 6.05. The van der Waals surface area contributed by atoms with Crippen molar-refractivity contribution in [2.75, 3.05) is 16.4 Å². The van der Waals surface area contributed by atoms with Crippen LogP contribution in [0.2, 0.25) is 0 Å². The van der Waals surface area contributed by atoms with Gasteiger partial charge >= 0.3 is 6.18 Å². The minimum atomic E-state index is -4.41. The molecule has 0 saturated carbocycles. The molecule has 1 aliphatic heterocycles. The molecule has 5 rings (SSSR count). The first-order valence-electron chi connectivity index (χ1n) is 11.1. The molecule has 0 atom stereocenters. The lowest BCUT2D eigenvalue weighted by molar-refractivity contribution is -0.137. The molecule has 4 aromatic carbocycles. The number of nitrogens with zero attached hydrogens (tertiary/aromatic N) is 1. The molecule has 0 saturated heterocycles. The van der Waals surface area contributed by atoms with Crippen LogP contribution in [0.3, 0.4) is 0 Å². The Balaban J connectivity index is 1.26. The first-order chi connectivity index (χ1) is 17.6. The van der Waals surface area contributed by atoms with Gasteiger partial charge in [0.15, 0.2) is 5.11 Å². The molecule has 0 aromatic heterocycles. The van der Waals surface area contributed by atoms with Crippen LogP contribution in [0.25, 0.3) is 10.8 Å². The van der Waals surface area contributed by atoms with Crippen LogP contribution in [0.4, 0.5) is 30.2 Å². The molecule has 4 N–H and O–H groups in total. The third-order valence-electron chi connectivity index (χ3n) is 6.05. The van der Waals surface area contributed by atoms with Crippen LogP contribution in [0.1, 0.15) is 31.8 Å². The van der Waals surface area contributed by atoms with Gasteiger partial charge in [-0.1, -0.05) is 24.3 Å². The maximum atomic E-state index is 13.2. The molecule has 1 aliphatic rings. The summed E-state index contributed by atoms with van der Waals surface area (Å²) in [7, 11) is 0. The lowest BCUT2D eigenvalue weighted by atomic mass is 9.93. The van der Waals surface area contributed by atoms with Gasteiger partial charge in [-0.05, 0) is 72.4 Å². The second kappa shape index (κ2) is 9.21. The zero-order valence-electron chi connectivity index (χ0n) is 19.1. The quantitative estimate of drug-likeness (QED) is 0.173. The van der Waals surface area contributed by atoms with E-state index in [1.54, 1.807) is 54.6 Å². The lowest BCUT2D eigenvalue weighted by Crippen LogP contribution is -2.39. The van der Waals surface area contributed by atoms with E-state index in [9.17, 15) is 22.8 Å². The van der Waals surface area contributed by atoms with Crippen LogP contribution >= 0.6 is 12.2 Å². The van der Waals surface area contributed by atoms with Crippen molar-refractivity contribution < 1.29 is 22.8 Å². The van der Waals surface area contributed by atoms with E-state index in [4.69, 9.17) is 18.0 Å². The van der Waals surface area contributed by atoms with Crippen LogP contribution in [0.5, 0.6) is 0 Å². The molecule has 0 radical (unpaired) electrons. The van der Waals surface area contributed by atoms with Crippen molar-refractivity contribution >= 4 is 57.0 Å². The number of rotatable bonds is 4. The molecule has 10 heteroatoms. The van der Waals surface area contributed by atoms with Gasteiger partial charge in [-0.2, -0.15) is 13.2 Å². The fourth-order valence-electron chi connectivity index (χ4n) is 4.22. The number of anilines is 3. The molecular weight excluding hydrogens is 501 g/mol. The Morgan fingerprint density at radius 2 is 1.38 bits per heavy atom. The Kier molecular flexibility index (Phi) is 6.04. The van der Waals surface area contributed by atoms with Gasteiger partial charge < -0.3 is 16.4 Å². The van der Waals surface area contributed by atoms with E-state index in [1.807, 2.05) is 0 Å². The number of nitrogens with two attached hydrogens (primary N) is 1. The van der Waals surface area contributed by atoms with Crippen LogP contribution in [-0.2, 0) is 12.7 Å². The van der Waals surface area contributed by atoms with Gasteiger partial charge in [0, 0.05) is 39.0 Å². The van der Waals surface area contributed by atoms with Crippen molar-refractivity contribution in [2.45, 2.75) is 12.7 Å². The summed E-state index contributed by atoms with van der Waals surface area (Å²) in [5.74, 6) is -0.782. The zero-order chi connectivity index (χ0) is 26.3. The van der Waals surface area contributed by atoms with Crippen LogP contribution < -0.4 is 16.4 Å². The highest BCUT2D eigenvalue weighted by Crippen LogP contribution is 2.34. The van der Waals surface area contributed by atoms with E-state index in [2.05, 4.69) is 10.6 Å². The molecule has 37 heavy (non-hydrogen) atoms. The second-order valence-electron chi connectivity index (χ2n) is 8.48. The van der Waals surface area contributed by atoms with Crippen LogP contribution in [0.15, 0.2) is 78.9 Å². The number of amides is 2. The highest BCUT2D eigenvalue weighted by molar-refractivity contribution is 7.80. The van der Waals surface area contributed by atoms with Gasteiger partial charge in [0.25, 0.3) is 11.8 Å². The van der Waals surface area contributed by atoms with E-state index in [1.165, 1.54) is 17.0 Å². The third kappa shape index (κ3) is 4.70. The van der Waals surface area contributed by atoms with Gasteiger partial charge in [0.2, 0.25) is 0 Å². The standard InChI is InChI=1S/C27H19F3N4O2S/c28-27(29,30)16-6-10-18(11-7-16)33-26(37)32-17-8-4-15(5-9-17)14-34-24(35)20-3-1-2-19-22(31)13-12-21(23(19)20)25(34)36/h1-13H,14,31H2,(H2,32,33,37). The lowest BCUT2D eigenvalue weighted by Gasteiger charge is -2.27. The molecule has 0 fully saturated rings. The van der Waals surface area contributed by atoms with Crippen molar-refractivity contribution in [3.8, 4) is 0 Å². The summed E-state index contributed by atoms with van der Waals surface area (Å²) in [6, 6.07) is 20.0. The number of hydrogen-bond donors (Lipinski definition) is 3. The zero-order valence-corrected chi connectivity index (χ0v) is 19.9. The first-order valence-corrected chi connectivity index (χ1v) is 11.5. The Morgan fingerprint density at radius 3 is 1.97 bits per heavy atom. The normalized spacial score (nSPS) is 13.1. The third-order valence-corrected chi connectivity index (χ3v) is 6.25. The summed E-state index contributed by atoms with van der Waals surface area (Å²) in [5, 5.41) is 7.22. The molecule has 186 valence electrons. The molecule has 0 spiro atoms. The molecule has 0 aliphatic carbocycles. The number of alkyl halides is 3. The van der Waals surface area contributed by atoms with E-state index < -0.39 is 23.6 Å². The summed E-state index contributed by atoms with van der Waals surface area (Å²) >= 11 is 5.24. The number of hydrogen-bond acceptors (Lipinski definition) is 4. The summed E-state index contributed by atoms with van der Waals surface area (Å²) in [6.45, 7) is 0.0758. The van der Waals surface area contributed by atoms with Gasteiger partial charge in [-0.25, -0.2) is 0 Å².